The number of nitrogens with one attached hydrogen (secondary N) is 1. The third-order valence-electron chi connectivity index (χ3n) is 8.11. The summed E-state index contributed by atoms with van der Waals surface area (Å²) >= 11 is 3.69. The largest absolute Gasteiger partial charge is 0.494 e. The molecule has 4 aromatic carbocycles. The van der Waals surface area contributed by atoms with Gasteiger partial charge in [-0.3, -0.25) is 4.79 Å². The Labute approximate surface area is 283 Å². The molecule has 9 nitrogen and oxygen atoms in total. The maximum atomic E-state index is 14.6. The minimum atomic E-state index is -1.37. The van der Waals surface area contributed by atoms with Crippen molar-refractivity contribution < 1.29 is 19.4 Å². The maximum Gasteiger partial charge on any atom is 0.252 e. The van der Waals surface area contributed by atoms with E-state index in [9.17, 15) is 4.79 Å². The molecule has 0 aromatic heterocycles. The number of nitrogens with zero attached hydrogens (tertiary/aromatic N) is 4. The van der Waals surface area contributed by atoms with Crippen LogP contribution in [-0.4, -0.2) is 42.2 Å². The second kappa shape index (κ2) is 16.8. The Kier molecular flexibility index (Phi) is 12.0. The Bertz CT molecular complexity index is 1710. The Morgan fingerprint density at radius 3 is 2.43 bits per heavy atom. The van der Waals surface area contributed by atoms with Crippen LogP contribution < -0.4 is 10.1 Å². The van der Waals surface area contributed by atoms with Gasteiger partial charge in [0.05, 0.1) is 13.2 Å². The molecule has 1 amide bonds. The van der Waals surface area contributed by atoms with Gasteiger partial charge in [-0.05, 0) is 77.4 Å². The van der Waals surface area contributed by atoms with Gasteiger partial charge in [-0.1, -0.05) is 93.8 Å². The van der Waals surface area contributed by atoms with E-state index in [1.54, 1.807) is 0 Å². The van der Waals surface area contributed by atoms with E-state index >= 15 is 0 Å². The van der Waals surface area contributed by atoms with Gasteiger partial charge in [0.1, 0.15) is 5.75 Å². The van der Waals surface area contributed by atoms with Crippen LogP contribution in [0.5, 0.6) is 5.75 Å². The Hall–Kier alpha value is -4.63. The summed E-state index contributed by atoms with van der Waals surface area (Å²) < 4.78 is 13.3. The van der Waals surface area contributed by atoms with Crippen molar-refractivity contribution in [1.82, 2.24) is 5.32 Å². The molecule has 2 atom stereocenters. The number of halogens is 1. The number of aliphatic hydroxyl groups excluding tert-OH is 1. The van der Waals surface area contributed by atoms with Crippen LogP contribution in [0.15, 0.2) is 118 Å². The summed E-state index contributed by atoms with van der Waals surface area (Å²) in [5.74, 6) is 0.752. The molecule has 0 spiro atoms. The number of azide groups is 1. The number of amides is 1. The van der Waals surface area contributed by atoms with E-state index < -0.39 is 11.6 Å². The number of unbranched alkanes of at least 4 members (excludes halogenated alkanes) is 1. The number of hydrogen-bond acceptors (Lipinski definition) is 6. The quantitative estimate of drug-likeness (QED) is 0.0540. The molecule has 0 aliphatic carbocycles. The lowest BCUT2D eigenvalue weighted by molar-refractivity contribution is -0.128. The third kappa shape index (κ3) is 8.60. The van der Waals surface area contributed by atoms with Gasteiger partial charge in [0.2, 0.25) is 5.90 Å². The van der Waals surface area contributed by atoms with Crippen LogP contribution in [0.25, 0.3) is 10.4 Å². The number of aryl methyl sites for hydroxylation is 1. The van der Waals surface area contributed by atoms with E-state index in [1.807, 2.05) is 91.0 Å². The maximum absolute atomic E-state index is 14.6. The van der Waals surface area contributed by atoms with Gasteiger partial charge in [-0.15, -0.1) is 0 Å². The average molecular weight is 697 g/mol. The van der Waals surface area contributed by atoms with Gasteiger partial charge in [-0.25, -0.2) is 4.99 Å². The van der Waals surface area contributed by atoms with E-state index in [0.717, 1.165) is 40.4 Å². The summed E-state index contributed by atoms with van der Waals surface area (Å²) in [5, 5.41) is 16.1. The smallest absolute Gasteiger partial charge is 0.252 e. The van der Waals surface area contributed by atoms with Gasteiger partial charge < -0.3 is 19.9 Å². The molecule has 1 aliphatic rings. The predicted octanol–water partition coefficient (Wildman–Crippen LogP) is 7.66. The summed E-state index contributed by atoms with van der Waals surface area (Å²) in [6.07, 6.45) is 2.65. The molecular weight excluding hydrogens is 658 g/mol. The number of aliphatic hydroxyl groups is 1. The molecular formula is C37H38BrN5O4. The van der Waals surface area contributed by atoms with E-state index in [-0.39, 0.29) is 25.5 Å². The molecule has 0 radical (unpaired) electrons. The van der Waals surface area contributed by atoms with E-state index in [1.165, 1.54) is 5.56 Å². The highest BCUT2D eigenvalue weighted by atomic mass is 79.9. The van der Waals surface area contributed by atoms with Crippen LogP contribution in [0.3, 0.4) is 0 Å². The van der Waals surface area contributed by atoms with Crippen molar-refractivity contribution in [2.75, 3.05) is 19.8 Å². The number of aliphatic imine (C=N–C) groups is 1. The predicted molar refractivity (Wildman–Crippen MR) is 186 cm³/mol. The zero-order valence-corrected chi connectivity index (χ0v) is 27.7. The number of benzene rings is 4. The first-order valence-corrected chi connectivity index (χ1v) is 16.6. The number of ether oxygens (including phenoxy) is 2. The molecule has 1 heterocycles. The Morgan fingerprint density at radius 2 is 1.68 bits per heavy atom. The number of carbonyl (C=O) groups excluding carboxylic acids is 1. The van der Waals surface area contributed by atoms with Gasteiger partial charge in [0, 0.05) is 40.9 Å². The molecule has 0 bridgehead atoms. The Balaban J connectivity index is 1.51. The molecule has 5 rings (SSSR count). The molecule has 47 heavy (non-hydrogen) atoms. The first-order valence-electron chi connectivity index (χ1n) is 15.8. The van der Waals surface area contributed by atoms with E-state index in [4.69, 9.17) is 25.1 Å². The summed E-state index contributed by atoms with van der Waals surface area (Å²) in [6, 6.07) is 33.0. The van der Waals surface area contributed by atoms with Crippen molar-refractivity contribution in [3.8, 4) is 5.75 Å². The summed E-state index contributed by atoms with van der Waals surface area (Å²) in [6.45, 7) is 1.05. The highest BCUT2D eigenvalue weighted by Gasteiger charge is 2.53. The van der Waals surface area contributed by atoms with E-state index in [0.29, 0.717) is 36.8 Å². The standard InChI is InChI=1S/C37H38BrN5O4/c38-33-17-7-5-14-29(33)25-37(36(45)40-22-9-8-13-27-11-2-1-3-12-27)34(32-16-6-4-15-30(32)26-41-43-39)47-35(42-37)28-18-20-31(21-19-28)46-24-10-23-44/h1-7,11-12,14-21,34,44H,8-10,13,22-26H2,(H,40,45)/t34-,37-/m1/s1. The van der Waals surface area contributed by atoms with Crippen LogP contribution >= 0.6 is 15.9 Å². The van der Waals surface area contributed by atoms with Crippen LogP contribution in [-0.2, 0) is 28.9 Å². The van der Waals surface area contributed by atoms with Crippen molar-refractivity contribution in [1.29, 1.82) is 0 Å². The number of rotatable bonds is 16. The molecule has 0 saturated heterocycles. The lowest BCUT2D eigenvalue weighted by Crippen LogP contribution is -2.50. The van der Waals surface area contributed by atoms with Gasteiger partial charge in [0.25, 0.3) is 5.91 Å². The first kappa shape index (κ1) is 33.7. The third-order valence-corrected chi connectivity index (χ3v) is 8.88. The van der Waals surface area contributed by atoms with Gasteiger partial charge in [0.15, 0.2) is 11.6 Å². The lowest BCUT2D eigenvalue weighted by Gasteiger charge is -2.32. The van der Waals surface area contributed by atoms with Crippen molar-refractivity contribution in [2.45, 2.75) is 50.3 Å². The lowest BCUT2D eigenvalue weighted by atomic mass is 9.80. The molecule has 4 aromatic rings. The number of hydrogen-bond donors (Lipinski definition) is 2. The topological polar surface area (TPSA) is 129 Å². The summed E-state index contributed by atoms with van der Waals surface area (Å²) in [4.78, 5) is 22.7. The zero-order valence-electron chi connectivity index (χ0n) is 26.1. The molecule has 0 saturated carbocycles. The van der Waals surface area contributed by atoms with Gasteiger partial charge >= 0.3 is 0 Å². The minimum Gasteiger partial charge on any atom is -0.494 e. The summed E-state index contributed by atoms with van der Waals surface area (Å²) in [7, 11) is 0. The van der Waals surface area contributed by atoms with Crippen LogP contribution in [0, 0.1) is 0 Å². The molecule has 1 aliphatic heterocycles. The molecule has 242 valence electrons. The van der Waals surface area contributed by atoms with E-state index in [2.05, 4.69) is 43.4 Å². The van der Waals surface area contributed by atoms with Crippen LogP contribution in [0.4, 0.5) is 0 Å². The normalized spacial score (nSPS) is 16.9. The fraction of sp³-hybridized carbons (Fsp3) is 0.297. The molecule has 2 N–H and O–H groups in total. The SMILES string of the molecule is [N-]=[N+]=NCc1ccccc1[C@H]1OC(c2ccc(OCCCO)cc2)=N[C@@]1(Cc1ccccc1Br)C(=O)NCCCCc1ccccc1. The Morgan fingerprint density at radius 1 is 0.957 bits per heavy atom. The molecule has 10 heteroatoms. The highest BCUT2D eigenvalue weighted by molar-refractivity contribution is 9.10. The minimum absolute atomic E-state index is 0.0555. The monoisotopic (exact) mass is 695 g/mol. The number of carbonyl (C=O) groups is 1. The van der Waals surface area contributed by atoms with Crippen molar-refractivity contribution in [2.24, 2.45) is 10.1 Å². The second-order valence-electron chi connectivity index (χ2n) is 11.3. The van der Waals surface area contributed by atoms with Crippen LogP contribution in [0.2, 0.25) is 0 Å². The summed E-state index contributed by atoms with van der Waals surface area (Å²) in [5.41, 5.74) is 12.1. The molecule has 0 fully saturated rings. The second-order valence-corrected chi connectivity index (χ2v) is 12.2. The van der Waals surface area contributed by atoms with Crippen LogP contribution in [0.1, 0.15) is 53.2 Å². The van der Waals surface area contributed by atoms with Gasteiger partial charge in [-0.2, -0.15) is 0 Å². The average Bonchev–Trinajstić information content (AvgIpc) is 3.49. The molecule has 0 unspecified atom stereocenters. The van der Waals surface area contributed by atoms with Crippen molar-refractivity contribution in [3.63, 3.8) is 0 Å². The fourth-order valence-corrected chi connectivity index (χ4v) is 6.11. The first-order chi connectivity index (χ1) is 23.0. The zero-order chi connectivity index (χ0) is 32.9. The van der Waals surface area contributed by atoms with Crippen molar-refractivity contribution >= 4 is 27.7 Å². The fourth-order valence-electron chi connectivity index (χ4n) is 5.69. The highest BCUT2D eigenvalue weighted by Crippen LogP contribution is 2.44. The van der Waals surface area contributed by atoms with Crippen molar-refractivity contribution in [3.05, 3.63) is 146 Å².